The first-order valence-corrected chi connectivity index (χ1v) is 11.0. The molecule has 2 unspecified atom stereocenters. The van der Waals surface area contributed by atoms with E-state index in [0.29, 0.717) is 36.3 Å². The number of pyridine rings is 1. The summed E-state index contributed by atoms with van der Waals surface area (Å²) in [4.78, 5) is 29.0. The van der Waals surface area contributed by atoms with Crippen LogP contribution in [-0.2, 0) is 9.53 Å². The third-order valence-corrected chi connectivity index (χ3v) is 6.15. The fourth-order valence-electron chi connectivity index (χ4n) is 4.57. The highest BCUT2D eigenvalue weighted by molar-refractivity contribution is 5.98. The van der Waals surface area contributed by atoms with Crippen molar-refractivity contribution < 1.29 is 23.8 Å². The van der Waals surface area contributed by atoms with Crippen molar-refractivity contribution in [1.29, 1.82) is 0 Å². The molecule has 3 atom stereocenters. The number of fused-ring (bicyclic) bond motifs is 1. The summed E-state index contributed by atoms with van der Waals surface area (Å²) in [6.07, 6.45) is 3.53. The van der Waals surface area contributed by atoms with Gasteiger partial charge in [-0.2, -0.15) is 0 Å². The van der Waals surface area contributed by atoms with Crippen molar-refractivity contribution in [3.63, 3.8) is 0 Å². The summed E-state index contributed by atoms with van der Waals surface area (Å²) in [6, 6.07) is 14.9. The molecule has 0 saturated heterocycles. The van der Waals surface area contributed by atoms with Crippen LogP contribution in [0.2, 0.25) is 0 Å². The van der Waals surface area contributed by atoms with Crippen LogP contribution in [0.25, 0.3) is 10.9 Å². The molecule has 1 aliphatic rings. The van der Waals surface area contributed by atoms with Crippen molar-refractivity contribution in [2.45, 2.75) is 44.2 Å². The van der Waals surface area contributed by atoms with Gasteiger partial charge in [-0.05, 0) is 61.2 Å². The van der Waals surface area contributed by atoms with Crippen LogP contribution in [0.5, 0.6) is 11.5 Å². The van der Waals surface area contributed by atoms with E-state index < -0.39 is 0 Å². The van der Waals surface area contributed by atoms with Crippen molar-refractivity contribution in [2.75, 3.05) is 14.2 Å². The lowest BCUT2D eigenvalue weighted by molar-refractivity contribution is -0.148. The molecule has 1 N–H and O–H groups in total. The summed E-state index contributed by atoms with van der Waals surface area (Å²) in [5.41, 5.74) is 2.43. The first-order valence-electron chi connectivity index (χ1n) is 11.0. The molecule has 0 radical (unpaired) electrons. The van der Waals surface area contributed by atoms with Gasteiger partial charge in [-0.15, -0.1) is 0 Å². The minimum atomic E-state index is -0.293. The molecule has 33 heavy (non-hydrogen) atoms. The van der Waals surface area contributed by atoms with Crippen molar-refractivity contribution >= 4 is 22.8 Å². The van der Waals surface area contributed by atoms with Gasteiger partial charge in [-0.25, -0.2) is 0 Å². The van der Waals surface area contributed by atoms with Crippen molar-refractivity contribution in [1.82, 2.24) is 10.3 Å². The Labute approximate surface area is 193 Å². The van der Waals surface area contributed by atoms with Crippen LogP contribution >= 0.6 is 0 Å². The summed E-state index contributed by atoms with van der Waals surface area (Å²) in [7, 11) is 3.19. The largest absolute Gasteiger partial charge is 0.493 e. The molecule has 1 aliphatic carbocycles. The highest BCUT2D eigenvalue weighted by Crippen LogP contribution is 2.38. The number of benzene rings is 2. The molecule has 0 bridgehead atoms. The van der Waals surface area contributed by atoms with E-state index in [1.54, 1.807) is 26.5 Å². The maximum absolute atomic E-state index is 13.2. The van der Waals surface area contributed by atoms with Crippen molar-refractivity contribution in [2.24, 2.45) is 0 Å². The number of methoxy groups -OCH3 is 2. The number of rotatable bonds is 6. The first kappa shape index (κ1) is 22.6. The number of carbonyl (C=O) groups is 2. The number of aromatic nitrogens is 1. The summed E-state index contributed by atoms with van der Waals surface area (Å²) < 4.78 is 16.4. The van der Waals surface area contributed by atoms with E-state index in [-0.39, 0.29) is 29.9 Å². The Morgan fingerprint density at radius 2 is 1.82 bits per heavy atom. The van der Waals surface area contributed by atoms with E-state index in [2.05, 4.69) is 10.3 Å². The number of esters is 1. The predicted molar refractivity (Wildman–Crippen MR) is 125 cm³/mol. The molecular formula is C26H28N2O5. The molecule has 1 fully saturated rings. The Morgan fingerprint density at radius 1 is 1.00 bits per heavy atom. The Kier molecular flexibility index (Phi) is 6.77. The summed E-state index contributed by atoms with van der Waals surface area (Å²) in [5, 5.41) is 4.13. The van der Waals surface area contributed by atoms with Crippen LogP contribution in [0, 0.1) is 0 Å². The van der Waals surface area contributed by atoms with Crippen LogP contribution < -0.4 is 14.8 Å². The van der Waals surface area contributed by atoms with Crippen LogP contribution in [0.1, 0.15) is 48.0 Å². The number of hydrogen-bond acceptors (Lipinski definition) is 6. The Hall–Kier alpha value is -3.61. The molecule has 4 rings (SSSR count). The number of nitrogens with one attached hydrogen (secondary N) is 1. The second-order valence-electron chi connectivity index (χ2n) is 8.26. The standard InChI is InChI=1S/C26H28N2O5/c1-16(29)33-20-8-10-23(21(15-20)17-7-11-24(31-2)25(14-17)32-3)28-26(30)19-6-9-22-18(13-19)5-4-12-27-22/h4-7,9,11-14,20-21,23H,8,10,15H2,1-3H3,(H,28,30)/t20-,21?,23?/m1/s1. The topological polar surface area (TPSA) is 86.8 Å². The van der Waals surface area contributed by atoms with Crippen molar-refractivity contribution in [3.05, 3.63) is 65.9 Å². The number of carbonyl (C=O) groups excluding carboxylic acids is 2. The summed E-state index contributed by atoms with van der Waals surface area (Å²) in [6.45, 7) is 1.42. The van der Waals surface area contributed by atoms with Gasteiger partial charge in [0.2, 0.25) is 0 Å². The summed E-state index contributed by atoms with van der Waals surface area (Å²) >= 11 is 0. The molecule has 3 aromatic rings. The second-order valence-corrected chi connectivity index (χ2v) is 8.26. The SMILES string of the molecule is COc1ccc(C2C[C@H](OC(C)=O)CCC2NC(=O)c2ccc3ncccc3c2)cc1OC. The molecule has 0 spiro atoms. The van der Waals surface area contributed by atoms with E-state index in [1.165, 1.54) is 6.92 Å². The third-order valence-electron chi connectivity index (χ3n) is 6.15. The quantitative estimate of drug-likeness (QED) is 0.568. The van der Waals surface area contributed by atoms with E-state index >= 15 is 0 Å². The second kappa shape index (κ2) is 9.90. The number of nitrogens with zero attached hydrogens (tertiary/aromatic N) is 1. The zero-order valence-electron chi connectivity index (χ0n) is 19.0. The van der Waals surface area contributed by atoms with Gasteiger partial charge in [-0.1, -0.05) is 12.1 Å². The lowest BCUT2D eigenvalue weighted by atomic mass is 9.78. The van der Waals surface area contributed by atoms with Gasteiger partial charge in [0, 0.05) is 36.0 Å². The molecular weight excluding hydrogens is 420 g/mol. The molecule has 7 heteroatoms. The minimum Gasteiger partial charge on any atom is -0.493 e. The highest BCUT2D eigenvalue weighted by atomic mass is 16.5. The lowest BCUT2D eigenvalue weighted by Crippen LogP contribution is -2.44. The molecule has 1 heterocycles. The van der Waals surface area contributed by atoms with Crippen LogP contribution in [0.3, 0.4) is 0 Å². The normalized spacial score (nSPS) is 20.2. The minimum absolute atomic E-state index is 0.0472. The zero-order chi connectivity index (χ0) is 23.4. The van der Waals surface area contributed by atoms with Gasteiger partial charge in [0.05, 0.1) is 19.7 Å². The zero-order valence-corrected chi connectivity index (χ0v) is 19.0. The molecule has 1 saturated carbocycles. The third kappa shape index (κ3) is 5.08. The Bertz CT molecular complexity index is 1160. The lowest BCUT2D eigenvalue weighted by Gasteiger charge is -2.36. The smallest absolute Gasteiger partial charge is 0.302 e. The average molecular weight is 449 g/mol. The predicted octanol–water partition coefficient (Wildman–Crippen LogP) is 4.25. The van der Waals surface area contributed by atoms with E-state index in [9.17, 15) is 9.59 Å². The van der Waals surface area contributed by atoms with Gasteiger partial charge < -0.3 is 19.5 Å². The molecule has 7 nitrogen and oxygen atoms in total. The Balaban J connectivity index is 1.60. The molecule has 1 amide bonds. The van der Waals surface area contributed by atoms with Crippen LogP contribution in [0.15, 0.2) is 54.7 Å². The maximum Gasteiger partial charge on any atom is 0.302 e. The van der Waals surface area contributed by atoms with Gasteiger partial charge in [0.25, 0.3) is 5.91 Å². The van der Waals surface area contributed by atoms with Gasteiger partial charge in [-0.3, -0.25) is 14.6 Å². The van der Waals surface area contributed by atoms with E-state index in [0.717, 1.165) is 16.5 Å². The molecule has 172 valence electrons. The van der Waals surface area contributed by atoms with Crippen LogP contribution in [-0.4, -0.2) is 43.2 Å². The maximum atomic E-state index is 13.2. The first-order chi connectivity index (χ1) is 16.0. The fourth-order valence-corrected chi connectivity index (χ4v) is 4.57. The fraction of sp³-hybridized carbons (Fsp3) is 0.346. The van der Waals surface area contributed by atoms with Gasteiger partial charge in [0.15, 0.2) is 11.5 Å². The molecule has 0 aliphatic heterocycles. The number of ether oxygens (including phenoxy) is 3. The van der Waals surface area contributed by atoms with Crippen LogP contribution in [0.4, 0.5) is 0 Å². The number of hydrogen-bond donors (Lipinski definition) is 1. The Morgan fingerprint density at radius 3 is 2.58 bits per heavy atom. The monoisotopic (exact) mass is 448 g/mol. The average Bonchev–Trinajstić information content (AvgIpc) is 2.83. The van der Waals surface area contributed by atoms with E-state index in [4.69, 9.17) is 14.2 Å². The van der Waals surface area contributed by atoms with Gasteiger partial charge in [0.1, 0.15) is 6.10 Å². The summed E-state index contributed by atoms with van der Waals surface area (Å²) in [5.74, 6) is 0.783. The highest BCUT2D eigenvalue weighted by Gasteiger charge is 2.34. The molecule has 1 aromatic heterocycles. The van der Waals surface area contributed by atoms with Crippen molar-refractivity contribution in [3.8, 4) is 11.5 Å². The number of amides is 1. The van der Waals surface area contributed by atoms with E-state index in [1.807, 2.05) is 42.5 Å². The van der Waals surface area contributed by atoms with Gasteiger partial charge >= 0.3 is 5.97 Å². The molecule has 2 aromatic carbocycles.